The molecule has 3 aromatic rings. The first-order chi connectivity index (χ1) is 14.1. The fourth-order valence-corrected chi connectivity index (χ4v) is 2.76. The number of ether oxygens (including phenoxy) is 4. The van der Waals surface area contributed by atoms with Gasteiger partial charge in [0.25, 0.3) is 0 Å². The Hall–Kier alpha value is -3.67. The second-order valence-electron chi connectivity index (χ2n) is 6.22. The second-order valence-corrected chi connectivity index (χ2v) is 6.22. The molecule has 0 unspecified atom stereocenters. The van der Waals surface area contributed by atoms with E-state index in [1.807, 2.05) is 42.5 Å². The molecule has 3 aromatic carbocycles. The average molecular weight is 394 g/mol. The second kappa shape index (κ2) is 9.50. The Bertz CT molecular complexity index is 968. The fraction of sp³-hybridized carbons (Fsp3) is 0.174. The number of hydrogen-bond donors (Lipinski definition) is 1. The first-order valence-corrected chi connectivity index (χ1v) is 8.98. The fourth-order valence-electron chi connectivity index (χ4n) is 2.76. The first kappa shape index (κ1) is 20.1. The summed E-state index contributed by atoms with van der Waals surface area (Å²) in [6.45, 7) is 0.547. The van der Waals surface area contributed by atoms with Crippen molar-refractivity contribution in [3.05, 3.63) is 83.4 Å². The first-order valence-electron chi connectivity index (χ1n) is 8.98. The number of carboxylic acid groups (broad SMARTS) is 1. The summed E-state index contributed by atoms with van der Waals surface area (Å²) < 4.78 is 22.1. The summed E-state index contributed by atoms with van der Waals surface area (Å²) in [5.41, 5.74) is 1.91. The zero-order valence-corrected chi connectivity index (χ0v) is 16.3. The highest BCUT2D eigenvalue weighted by molar-refractivity contribution is 5.91. The molecule has 0 heterocycles. The van der Waals surface area contributed by atoms with Crippen molar-refractivity contribution in [2.24, 2.45) is 0 Å². The van der Waals surface area contributed by atoms with Crippen LogP contribution in [0, 0.1) is 0 Å². The topological polar surface area (TPSA) is 74.2 Å². The normalized spacial score (nSPS) is 10.3. The third-order valence-electron chi connectivity index (χ3n) is 4.27. The molecular formula is C23H22O6. The number of carbonyl (C=O) groups is 1. The molecule has 0 radical (unpaired) electrons. The molecule has 0 aliphatic carbocycles. The number of carboxylic acids is 1. The molecule has 0 aliphatic heterocycles. The minimum absolute atomic E-state index is 0.0828. The van der Waals surface area contributed by atoms with E-state index >= 15 is 0 Å². The summed E-state index contributed by atoms with van der Waals surface area (Å²) in [6, 6.07) is 19.7. The maximum Gasteiger partial charge on any atom is 0.339 e. The summed E-state index contributed by atoms with van der Waals surface area (Å²) in [5, 5.41) is 9.42. The number of benzene rings is 3. The molecule has 0 atom stereocenters. The lowest BCUT2D eigenvalue weighted by Gasteiger charge is -2.13. The molecule has 29 heavy (non-hydrogen) atoms. The van der Waals surface area contributed by atoms with Gasteiger partial charge in [-0.1, -0.05) is 36.4 Å². The van der Waals surface area contributed by atoms with Gasteiger partial charge in [0.15, 0.2) is 11.5 Å². The Kier molecular flexibility index (Phi) is 6.58. The van der Waals surface area contributed by atoms with Gasteiger partial charge in [-0.25, -0.2) is 4.79 Å². The highest BCUT2D eigenvalue weighted by Crippen LogP contribution is 2.29. The van der Waals surface area contributed by atoms with Crippen LogP contribution in [0.3, 0.4) is 0 Å². The van der Waals surface area contributed by atoms with Gasteiger partial charge in [0.1, 0.15) is 30.3 Å². The average Bonchev–Trinajstić information content (AvgIpc) is 2.76. The van der Waals surface area contributed by atoms with Gasteiger partial charge in [-0.2, -0.15) is 0 Å². The highest BCUT2D eigenvalue weighted by Gasteiger charge is 2.13. The van der Waals surface area contributed by atoms with Crippen LogP contribution < -0.4 is 18.9 Å². The summed E-state index contributed by atoms with van der Waals surface area (Å²) in [4.78, 5) is 11.5. The summed E-state index contributed by atoms with van der Waals surface area (Å²) >= 11 is 0. The molecule has 6 heteroatoms. The van der Waals surface area contributed by atoms with E-state index in [0.717, 1.165) is 11.1 Å². The van der Waals surface area contributed by atoms with Crippen molar-refractivity contribution in [2.45, 2.75) is 13.2 Å². The van der Waals surface area contributed by atoms with E-state index in [1.165, 1.54) is 6.07 Å². The minimum atomic E-state index is -1.06. The number of hydrogen-bond acceptors (Lipinski definition) is 5. The largest absolute Gasteiger partial charge is 0.493 e. The Morgan fingerprint density at radius 3 is 2.17 bits per heavy atom. The van der Waals surface area contributed by atoms with E-state index in [2.05, 4.69) is 0 Å². The van der Waals surface area contributed by atoms with Gasteiger partial charge in [0.2, 0.25) is 0 Å². The number of aromatic carboxylic acids is 1. The molecule has 0 fully saturated rings. The molecule has 0 amide bonds. The monoisotopic (exact) mass is 394 g/mol. The lowest BCUT2D eigenvalue weighted by Crippen LogP contribution is -2.04. The van der Waals surface area contributed by atoms with Crippen LogP contribution in [0.25, 0.3) is 0 Å². The maximum absolute atomic E-state index is 11.5. The van der Waals surface area contributed by atoms with Crippen molar-refractivity contribution < 1.29 is 28.8 Å². The predicted molar refractivity (Wildman–Crippen MR) is 108 cm³/mol. The zero-order valence-electron chi connectivity index (χ0n) is 16.3. The molecular weight excluding hydrogens is 372 g/mol. The van der Waals surface area contributed by atoms with Crippen LogP contribution in [-0.4, -0.2) is 25.3 Å². The van der Waals surface area contributed by atoms with Crippen molar-refractivity contribution in [1.82, 2.24) is 0 Å². The Labute approximate surface area is 169 Å². The smallest absolute Gasteiger partial charge is 0.339 e. The van der Waals surface area contributed by atoms with Gasteiger partial charge >= 0.3 is 5.97 Å². The molecule has 0 aliphatic rings. The molecule has 0 saturated heterocycles. The maximum atomic E-state index is 11.5. The van der Waals surface area contributed by atoms with E-state index in [1.54, 1.807) is 32.4 Å². The quantitative estimate of drug-likeness (QED) is 0.573. The van der Waals surface area contributed by atoms with Gasteiger partial charge in [0.05, 0.1) is 14.2 Å². The van der Waals surface area contributed by atoms with Gasteiger partial charge in [-0.05, 0) is 35.4 Å². The lowest BCUT2D eigenvalue weighted by atomic mass is 10.2. The van der Waals surface area contributed by atoms with Gasteiger partial charge in [-0.15, -0.1) is 0 Å². The van der Waals surface area contributed by atoms with Crippen LogP contribution in [0.4, 0.5) is 0 Å². The van der Waals surface area contributed by atoms with Crippen molar-refractivity contribution >= 4 is 5.97 Å². The van der Waals surface area contributed by atoms with E-state index in [-0.39, 0.29) is 24.5 Å². The summed E-state index contributed by atoms with van der Waals surface area (Å²) in [7, 11) is 3.15. The minimum Gasteiger partial charge on any atom is -0.493 e. The zero-order chi connectivity index (χ0) is 20.6. The van der Waals surface area contributed by atoms with Gasteiger partial charge in [0, 0.05) is 6.07 Å². The van der Waals surface area contributed by atoms with E-state index in [0.29, 0.717) is 17.2 Å². The molecule has 6 nitrogen and oxygen atoms in total. The molecule has 1 N–H and O–H groups in total. The molecule has 0 saturated carbocycles. The summed E-state index contributed by atoms with van der Waals surface area (Å²) in [6.07, 6.45) is 0. The summed E-state index contributed by atoms with van der Waals surface area (Å²) in [5.74, 6) is 0.957. The molecule has 0 aromatic heterocycles. The van der Waals surface area contributed by atoms with Crippen molar-refractivity contribution in [2.75, 3.05) is 14.2 Å². The van der Waals surface area contributed by atoms with E-state index < -0.39 is 5.97 Å². The van der Waals surface area contributed by atoms with Crippen molar-refractivity contribution in [3.8, 4) is 23.0 Å². The van der Waals surface area contributed by atoms with Gasteiger partial charge in [-0.3, -0.25) is 0 Å². The molecule has 0 spiro atoms. The van der Waals surface area contributed by atoms with Crippen LogP contribution in [-0.2, 0) is 13.2 Å². The Morgan fingerprint density at radius 1 is 0.759 bits per heavy atom. The van der Waals surface area contributed by atoms with Crippen molar-refractivity contribution in [3.63, 3.8) is 0 Å². The van der Waals surface area contributed by atoms with Crippen LogP contribution in [0.2, 0.25) is 0 Å². The van der Waals surface area contributed by atoms with Crippen LogP contribution in [0.1, 0.15) is 21.5 Å². The van der Waals surface area contributed by atoms with Crippen LogP contribution in [0.15, 0.2) is 66.7 Å². The lowest BCUT2D eigenvalue weighted by molar-refractivity contribution is 0.0691. The standard InChI is InChI=1S/C23H22O6/c1-26-20-11-8-17(12-22(20)27-2)15-28-18-9-10-19(23(24)25)21(13-18)29-14-16-6-4-3-5-7-16/h3-13H,14-15H2,1-2H3,(H,24,25). The SMILES string of the molecule is COc1ccc(COc2ccc(C(=O)O)c(OCc3ccccc3)c2)cc1OC. The van der Waals surface area contributed by atoms with E-state index in [9.17, 15) is 9.90 Å². The van der Waals surface area contributed by atoms with Gasteiger partial charge < -0.3 is 24.1 Å². The Balaban J connectivity index is 1.73. The van der Waals surface area contributed by atoms with E-state index in [4.69, 9.17) is 18.9 Å². The highest BCUT2D eigenvalue weighted by atomic mass is 16.5. The Morgan fingerprint density at radius 2 is 1.48 bits per heavy atom. The number of rotatable bonds is 9. The molecule has 3 rings (SSSR count). The predicted octanol–water partition coefficient (Wildman–Crippen LogP) is 4.56. The van der Waals surface area contributed by atoms with Crippen molar-refractivity contribution in [1.29, 1.82) is 0 Å². The molecule has 0 bridgehead atoms. The number of methoxy groups -OCH3 is 2. The van der Waals surface area contributed by atoms with Crippen LogP contribution in [0.5, 0.6) is 23.0 Å². The van der Waals surface area contributed by atoms with Crippen LogP contribution >= 0.6 is 0 Å². The molecule has 150 valence electrons. The third kappa shape index (κ3) is 5.19. The third-order valence-corrected chi connectivity index (χ3v) is 4.27.